The Kier molecular flexibility index (Phi) is 3.78. The number of halogens is 2. The molecule has 5 heteroatoms. The van der Waals surface area contributed by atoms with Gasteiger partial charge in [0.1, 0.15) is 5.82 Å². The van der Waals surface area contributed by atoms with Gasteiger partial charge in [-0.15, -0.1) is 0 Å². The van der Waals surface area contributed by atoms with Crippen LogP contribution in [0.4, 0.5) is 10.1 Å². The summed E-state index contributed by atoms with van der Waals surface area (Å²) in [4.78, 5) is 4.49. The average Bonchev–Trinajstić information content (AvgIpc) is 2.27. The Balaban J connectivity index is 2.07. The highest BCUT2D eigenvalue weighted by molar-refractivity contribution is 9.10. The minimum Gasteiger partial charge on any atom is -0.335 e. The molecule has 0 fully saturated rings. The van der Waals surface area contributed by atoms with Crippen LogP contribution >= 0.6 is 27.7 Å². The van der Waals surface area contributed by atoms with E-state index in [0.717, 1.165) is 23.2 Å². The van der Waals surface area contributed by atoms with Gasteiger partial charge in [-0.05, 0) is 39.5 Å². The van der Waals surface area contributed by atoms with Crippen LogP contribution in [0.1, 0.15) is 13.8 Å². The second-order valence-electron chi connectivity index (χ2n) is 4.83. The molecule has 1 heterocycles. The van der Waals surface area contributed by atoms with E-state index in [9.17, 15) is 4.39 Å². The number of nitrogens with zero attached hydrogens (tertiary/aromatic N) is 1. The highest BCUT2D eigenvalue weighted by Gasteiger charge is 2.23. The molecule has 0 aliphatic carbocycles. The van der Waals surface area contributed by atoms with Crippen LogP contribution in [-0.4, -0.2) is 17.5 Å². The molecule has 1 aromatic carbocycles. The molecule has 0 radical (unpaired) electrons. The number of aliphatic imine (C=N–C) groups is 1. The van der Waals surface area contributed by atoms with Crippen LogP contribution in [0.5, 0.6) is 0 Å². The summed E-state index contributed by atoms with van der Waals surface area (Å²) in [6.45, 7) is 5.23. The lowest BCUT2D eigenvalue weighted by atomic mass is 9.97. The normalized spacial score (nSPS) is 18.7. The predicted octanol–water partition coefficient (Wildman–Crippen LogP) is 4.13. The first-order chi connectivity index (χ1) is 7.96. The minimum atomic E-state index is -0.255. The number of rotatable bonds is 1. The molecule has 1 N–H and O–H groups in total. The number of hydrogen-bond donors (Lipinski definition) is 1. The largest absolute Gasteiger partial charge is 0.335 e. The van der Waals surface area contributed by atoms with Crippen molar-refractivity contribution in [3.63, 3.8) is 0 Å². The van der Waals surface area contributed by atoms with E-state index in [-0.39, 0.29) is 11.2 Å². The van der Waals surface area contributed by atoms with E-state index in [4.69, 9.17) is 0 Å². The third-order valence-corrected chi connectivity index (χ3v) is 4.46. The van der Waals surface area contributed by atoms with Crippen molar-refractivity contribution in [1.29, 1.82) is 0 Å². The summed E-state index contributed by atoms with van der Waals surface area (Å²) in [7, 11) is 0. The van der Waals surface area contributed by atoms with Gasteiger partial charge in [0.05, 0.1) is 4.47 Å². The van der Waals surface area contributed by atoms with Crippen molar-refractivity contribution < 1.29 is 4.39 Å². The molecular formula is C12H14BrFN2S. The van der Waals surface area contributed by atoms with Crippen molar-refractivity contribution in [2.45, 2.75) is 13.8 Å². The second-order valence-corrected chi connectivity index (χ2v) is 6.65. The van der Waals surface area contributed by atoms with Crippen molar-refractivity contribution in [2.24, 2.45) is 10.4 Å². The fourth-order valence-electron chi connectivity index (χ4n) is 1.41. The smallest absolute Gasteiger partial charge is 0.161 e. The van der Waals surface area contributed by atoms with Gasteiger partial charge in [0.15, 0.2) is 5.17 Å². The highest BCUT2D eigenvalue weighted by Crippen LogP contribution is 2.29. The first-order valence-electron chi connectivity index (χ1n) is 5.36. The number of nitrogens with one attached hydrogen (secondary N) is 1. The van der Waals surface area contributed by atoms with Crippen LogP contribution < -0.4 is 5.32 Å². The summed E-state index contributed by atoms with van der Waals surface area (Å²) < 4.78 is 13.5. The number of benzene rings is 1. The topological polar surface area (TPSA) is 24.4 Å². The van der Waals surface area contributed by atoms with Crippen LogP contribution in [0.3, 0.4) is 0 Å². The Morgan fingerprint density at radius 1 is 1.47 bits per heavy atom. The first-order valence-corrected chi connectivity index (χ1v) is 7.13. The van der Waals surface area contributed by atoms with E-state index >= 15 is 0 Å². The Labute approximate surface area is 113 Å². The van der Waals surface area contributed by atoms with Crippen LogP contribution in [0, 0.1) is 11.2 Å². The molecule has 0 aromatic heterocycles. The molecule has 1 aromatic rings. The maximum Gasteiger partial charge on any atom is 0.161 e. The third kappa shape index (κ3) is 3.45. The zero-order valence-electron chi connectivity index (χ0n) is 9.76. The Morgan fingerprint density at radius 3 is 2.82 bits per heavy atom. The average molecular weight is 317 g/mol. The maximum atomic E-state index is 13.1. The van der Waals surface area contributed by atoms with Crippen molar-refractivity contribution in [3.8, 4) is 0 Å². The molecule has 92 valence electrons. The SMILES string of the molecule is CC1(C)CN=C(Nc2ccc(F)c(Br)c2)SC1. The van der Waals surface area contributed by atoms with Gasteiger partial charge in [0.25, 0.3) is 0 Å². The number of hydrogen-bond acceptors (Lipinski definition) is 3. The molecule has 0 saturated carbocycles. The first kappa shape index (κ1) is 12.9. The van der Waals surface area contributed by atoms with Crippen molar-refractivity contribution in [3.05, 3.63) is 28.5 Å². The quantitative estimate of drug-likeness (QED) is 0.842. The predicted molar refractivity (Wildman–Crippen MR) is 76.3 cm³/mol. The lowest BCUT2D eigenvalue weighted by Crippen LogP contribution is -2.27. The van der Waals surface area contributed by atoms with Gasteiger partial charge in [-0.3, -0.25) is 4.99 Å². The molecule has 0 amide bonds. The summed E-state index contributed by atoms with van der Waals surface area (Å²) in [5.41, 5.74) is 1.11. The minimum absolute atomic E-state index is 0.255. The molecule has 0 bridgehead atoms. The molecule has 0 atom stereocenters. The molecule has 0 saturated heterocycles. The zero-order chi connectivity index (χ0) is 12.5. The molecule has 1 aliphatic heterocycles. The lowest BCUT2D eigenvalue weighted by Gasteiger charge is -2.27. The monoisotopic (exact) mass is 316 g/mol. The molecule has 1 aliphatic rings. The second kappa shape index (κ2) is 4.98. The van der Waals surface area contributed by atoms with Crippen LogP contribution in [0.2, 0.25) is 0 Å². The fourth-order valence-corrected chi connectivity index (χ4v) is 2.76. The van der Waals surface area contributed by atoms with E-state index in [2.05, 4.69) is 40.1 Å². The van der Waals surface area contributed by atoms with Crippen LogP contribution in [-0.2, 0) is 0 Å². The van der Waals surface area contributed by atoms with Gasteiger partial charge < -0.3 is 5.32 Å². The number of thioether (sulfide) groups is 1. The van der Waals surface area contributed by atoms with E-state index in [1.165, 1.54) is 6.07 Å². The fraction of sp³-hybridized carbons (Fsp3) is 0.417. The van der Waals surface area contributed by atoms with E-state index in [1.54, 1.807) is 23.9 Å². The summed E-state index contributed by atoms with van der Waals surface area (Å²) >= 11 is 4.87. The molecule has 17 heavy (non-hydrogen) atoms. The Bertz CT molecular complexity index is 460. The summed E-state index contributed by atoms with van der Waals surface area (Å²) in [5.74, 6) is 0.788. The van der Waals surface area contributed by atoms with Crippen LogP contribution in [0.25, 0.3) is 0 Å². The van der Waals surface area contributed by atoms with E-state index in [1.807, 2.05) is 0 Å². The van der Waals surface area contributed by atoms with E-state index < -0.39 is 0 Å². The van der Waals surface area contributed by atoms with Gasteiger partial charge in [0.2, 0.25) is 0 Å². The van der Waals surface area contributed by atoms with Gasteiger partial charge >= 0.3 is 0 Å². The van der Waals surface area contributed by atoms with Gasteiger partial charge in [-0.1, -0.05) is 25.6 Å². The van der Waals surface area contributed by atoms with Crippen molar-refractivity contribution >= 4 is 38.5 Å². The molecular weight excluding hydrogens is 303 g/mol. The number of anilines is 1. The van der Waals surface area contributed by atoms with Crippen molar-refractivity contribution in [1.82, 2.24) is 0 Å². The highest BCUT2D eigenvalue weighted by atomic mass is 79.9. The molecule has 2 nitrogen and oxygen atoms in total. The maximum absolute atomic E-state index is 13.1. The zero-order valence-corrected chi connectivity index (χ0v) is 12.2. The van der Waals surface area contributed by atoms with E-state index in [0.29, 0.717) is 4.47 Å². The third-order valence-electron chi connectivity index (χ3n) is 2.42. The van der Waals surface area contributed by atoms with Gasteiger partial charge in [-0.25, -0.2) is 4.39 Å². The van der Waals surface area contributed by atoms with Crippen LogP contribution in [0.15, 0.2) is 27.7 Å². The summed E-state index contributed by atoms with van der Waals surface area (Å²) in [6, 6.07) is 4.87. The Hall–Kier alpha value is -0.550. The molecule has 0 spiro atoms. The molecule has 0 unspecified atom stereocenters. The van der Waals surface area contributed by atoms with Gasteiger partial charge in [-0.2, -0.15) is 0 Å². The summed E-state index contributed by atoms with van der Waals surface area (Å²) in [6.07, 6.45) is 0. The summed E-state index contributed by atoms with van der Waals surface area (Å²) in [5, 5.41) is 4.11. The standard InChI is InChI=1S/C12H14BrFN2S/c1-12(2)6-15-11(17-7-12)16-8-3-4-10(14)9(13)5-8/h3-5H,6-7H2,1-2H3,(H,15,16). The van der Waals surface area contributed by atoms with Gasteiger partial charge in [0, 0.05) is 18.0 Å². The number of amidine groups is 1. The lowest BCUT2D eigenvalue weighted by molar-refractivity contribution is 0.438. The van der Waals surface area contributed by atoms with Crippen molar-refractivity contribution in [2.75, 3.05) is 17.6 Å². The molecule has 2 rings (SSSR count). The Morgan fingerprint density at radius 2 is 2.24 bits per heavy atom.